The number of carbonyl (C=O) groups excluding carboxylic acids is 2. The summed E-state index contributed by atoms with van der Waals surface area (Å²) in [6, 6.07) is 14.1. The van der Waals surface area contributed by atoms with Crippen molar-refractivity contribution in [2.45, 2.75) is 18.9 Å². The molecule has 2 aromatic rings. The van der Waals surface area contributed by atoms with E-state index < -0.39 is 6.04 Å². The number of hydrogen-bond acceptors (Lipinski definition) is 2. The third-order valence-corrected chi connectivity index (χ3v) is 3.95. The van der Waals surface area contributed by atoms with Crippen molar-refractivity contribution in [3.05, 3.63) is 66.0 Å². The molecule has 1 N–H and O–H groups in total. The van der Waals surface area contributed by atoms with Gasteiger partial charge in [0.1, 0.15) is 11.9 Å². The summed E-state index contributed by atoms with van der Waals surface area (Å²) in [4.78, 5) is 26.6. The molecule has 4 nitrogen and oxygen atoms in total. The fraction of sp³-hybridized carbons (Fsp3) is 0.222. The maximum atomic E-state index is 13.0. The van der Waals surface area contributed by atoms with Crippen molar-refractivity contribution in [1.29, 1.82) is 0 Å². The Hall–Kier alpha value is -2.69. The monoisotopic (exact) mass is 312 g/mol. The molecule has 0 bridgehead atoms. The summed E-state index contributed by atoms with van der Waals surface area (Å²) in [7, 11) is 0. The minimum absolute atomic E-state index is 0.191. The lowest BCUT2D eigenvalue weighted by Crippen LogP contribution is -2.43. The first-order valence-corrected chi connectivity index (χ1v) is 7.57. The van der Waals surface area contributed by atoms with Crippen LogP contribution in [0.15, 0.2) is 54.6 Å². The van der Waals surface area contributed by atoms with Gasteiger partial charge in [-0.2, -0.15) is 0 Å². The molecule has 1 atom stereocenters. The van der Waals surface area contributed by atoms with Gasteiger partial charge in [0.2, 0.25) is 5.91 Å². The number of halogens is 1. The van der Waals surface area contributed by atoms with Gasteiger partial charge < -0.3 is 10.2 Å². The molecule has 2 amide bonds. The second-order valence-electron chi connectivity index (χ2n) is 5.52. The molecule has 2 aromatic carbocycles. The van der Waals surface area contributed by atoms with Crippen LogP contribution in [0, 0.1) is 5.82 Å². The van der Waals surface area contributed by atoms with E-state index in [0.717, 1.165) is 6.42 Å². The van der Waals surface area contributed by atoms with Crippen LogP contribution in [0.5, 0.6) is 0 Å². The third kappa shape index (κ3) is 3.39. The number of anilines is 1. The van der Waals surface area contributed by atoms with Gasteiger partial charge in [0.15, 0.2) is 0 Å². The van der Waals surface area contributed by atoms with E-state index in [1.807, 2.05) is 18.2 Å². The lowest BCUT2D eigenvalue weighted by atomic mass is 10.1. The Labute approximate surface area is 133 Å². The zero-order chi connectivity index (χ0) is 16.2. The van der Waals surface area contributed by atoms with E-state index in [1.54, 1.807) is 17.0 Å². The second-order valence-corrected chi connectivity index (χ2v) is 5.52. The minimum Gasteiger partial charge on any atom is -0.327 e. The van der Waals surface area contributed by atoms with Crippen molar-refractivity contribution < 1.29 is 14.0 Å². The van der Waals surface area contributed by atoms with Gasteiger partial charge in [0.25, 0.3) is 5.91 Å². The first-order valence-electron chi connectivity index (χ1n) is 7.57. The zero-order valence-electron chi connectivity index (χ0n) is 12.5. The largest absolute Gasteiger partial charge is 0.327 e. The van der Waals surface area contributed by atoms with Crippen LogP contribution in [0.4, 0.5) is 10.1 Å². The summed E-state index contributed by atoms with van der Waals surface area (Å²) >= 11 is 0. The predicted octanol–water partition coefficient (Wildman–Crippen LogP) is 3.07. The Morgan fingerprint density at radius 1 is 1.04 bits per heavy atom. The Balaban J connectivity index is 1.73. The number of rotatable bonds is 3. The quantitative estimate of drug-likeness (QED) is 0.947. The summed E-state index contributed by atoms with van der Waals surface area (Å²) in [6.07, 6.45) is 1.41. The Morgan fingerprint density at radius 3 is 2.43 bits per heavy atom. The van der Waals surface area contributed by atoms with E-state index >= 15 is 0 Å². The van der Waals surface area contributed by atoms with Gasteiger partial charge in [-0.15, -0.1) is 0 Å². The number of nitrogens with one attached hydrogen (secondary N) is 1. The van der Waals surface area contributed by atoms with Crippen molar-refractivity contribution in [3.63, 3.8) is 0 Å². The van der Waals surface area contributed by atoms with Gasteiger partial charge in [-0.1, -0.05) is 18.2 Å². The summed E-state index contributed by atoms with van der Waals surface area (Å²) in [5, 5.41) is 2.84. The Kier molecular flexibility index (Phi) is 4.37. The summed E-state index contributed by atoms with van der Waals surface area (Å²) in [6.45, 7) is 0.531. The lowest BCUT2D eigenvalue weighted by molar-refractivity contribution is -0.119. The Bertz CT molecular complexity index is 701. The molecule has 1 heterocycles. The van der Waals surface area contributed by atoms with E-state index in [2.05, 4.69) is 5.32 Å². The number of hydrogen-bond donors (Lipinski definition) is 1. The number of carbonyl (C=O) groups is 2. The number of para-hydroxylation sites is 1. The summed E-state index contributed by atoms with van der Waals surface area (Å²) < 4.78 is 13.0. The molecule has 23 heavy (non-hydrogen) atoms. The van der Waals surface area contributed by atoms with Crippen LogP contribution in [-0.4, -0.2) is 29.3 Å². The molecule has 0 unspecified atom stereocenters. The fourth-order valence-corrected chi connectivity index (χ4v) is 2.79. The average molecular weight is 312 g/mol. The van der Waals surface area contributed by atoms with Crippen molar-refractivity contribution in [2.75, 3.05) is 11.9 Å². The van der Waals surface area contributed by atoms with Crippen LogP contribution in [0.25, 0.3) is 0 Å². The molecule has 1 aliphatic heterocycles. The molecule has 0 aliphatic carbocycles. The van der Waals surface area contributed by atoms with Crippen molar-refractivity contribution in [3.8, 4) is 0 Å². The van der Waals surface area contributed by atoms with Crippen molar-refractivity contribution in [1.82, 2.24) is 4.90 Å². The molecule has 0 aromatic heterocycles. The number of benzene rings is 2. The fourth-order valence-electron chi connectivity index (χ4n) is 2.79. The predicted molar refractivity (Wildman–Crippen MR) is 85.5 cm³/mol. The van der Waals surface area contributed by atoms with E-state index in [9.17, 15) is 14.0 Å². The molecule has 118 valence electrons. The Morgan fingerprint density at radius 2 is 1.74 bits per heavy atom. The van der Waals surface area contributed by atoms with Crippen LogP contribution in [0.1, 0.15) is 23.2 Å². The van der Waals surface area contributed by atoms with Crippen LogP contribution >= 0.6 is 0 Å². The maximum absolute atomic E-state index is 13.0. The highest BCUT2D eigenvalue weighted by Gasteiger charge is 2.34. The van der Waals surface area contributed by atoms with Crippen molar-refractivity contribution in [2.24, 2.45) is 0 Å². The standard InChI is InChI=1S/C18H17FN2O2/c19-14-10-8-13(9-11-14)18(23)21-12-4-7-16(21)17(22)20-15-5-2-1-3-6-15/h1-3,5-6,8-11,16H,4,7,12H2,(H,20,22)/t16-/m1/s1. The van der Waals surface area contributed by atoms with Crippen LogP contribution in [0.2, 0.25) is 0 Å². The molecule has 0 spiro atoms. The van der Waals surface area contributed by atoms with Gasteiger partial charge >= 0.3 is 0 Å². The highest BCUT2D eigenvalue weighted by atomic mass is 19.1. The van der Waals surface area contributed by atoms with E-state index in [4.69, 9.17) is 0 Å². The lowest BCUT2D eigenvalue weighted by Gasteiger charge is -2.24. The topological polar surface area (TPSA) is 49.4 Å². The van der Waals surface area contributed by atoms with E-state index in [1.165, 1.54) is 24.3 Å². The third-order valence-electron chi connectivity index (χ3n) is 3.95. The molecule has 0 saturated carbocycles. The molecule has 3 rings (SSSR count). The van der Waals surface area contributed by atoms with Gasteiger partial charge in [-0.25, -0.2) is 4.39 Å². The van der Waals surface area contributed by atoms with Crippen LogP contribution in [-0.2, 0) is 4.79 Å². The van der Waals surface area contributed by atoms with Gasteiger partial charge in [0.05, 0.1) is 0 Å². The minimum atomic E-state index is -0.493. The number of nitrogens with zero attached hydrogens (tertiary/aromatic N) is 1. The van der Waals surface area contributed by atoms with Gasteiger partial charge in [0, 0.05) is 17.8 Å². The summed E-state index contributed by atoms with van der Waals surface area (Å²) in [5.41, 5.74) is 1.10. The molecular formula is C18H17FN2O2. The maximum Gasteiger partial charge on any atom is 0.254 e. The highest BCUT2D eigenvalue weighted by molar-refractivity contribution is 6.01. The molecule has 0 radical (unpaired) electrons. The number of likely N-dealkylation sites (tertiary alicyclic amines) is 1. The zero-order valence-corrected chi connectivity index (χ0v) is 12.5. The molecule has 1 aliphatic rings. The SMILES string of the molecule is O=C(Nc1ccccc1)[C@H]1CCCN1C(=O)c1ccc(F)cc1. The molecule has 1 saturated heterocycles. The molecular weight excluding hydrogens is 295 g/mol. The first kappa shape index (κ1) is 15.2. The van der Waals surface area contributed by atoms with Gasteiger partial charge in [-0.05, 0) is 49.2 Å². The van der Waals surface area contributed by atoms with Crippen LogP contribution in [0.3, 0.4) is 0 Å². The number of amides is 2. The first-order chi connectivity index (χ1) is 11.1. The van der Waals surface area contributed by atoms with Crippen LogP contribution < -0.4 is 5.32 Å². The smallest absolute Gasteiger partial charge is 0.254 e. The summed E-state index contributed by atoms with van der Waals surface area (Å²) in [5.74, 6) is -0.818. The second kappa shape index (κ2) is 6.60. The average Bonchev–Trinajstić information content (AvgIpc) is 3.05. The van der Waals surface area contributed by atoms with E-state index in [-0.39, 0.29) is 17.6 Å². The van der Waals surface area contributed by atoms with E-state index in [0.29, 0.717) is 24.2 Å². The highest BCUT2D eigenvalue weighted by Crippen LogP contribution is 2.22. The molecule has 5 heteroatoms. The normalized spacial score (nSPS) is 17.1. The van der Waals surface area contributed by atoms with Gasteiger partial charge in [-0.3, -0.25) is 9.59 Å². The molecule has 1 fully saturated rings. The van der Waals surface area contributed by atoms with Crippen molar-refractivity contribution >= 4 is 17.5 Å².